The molecule has 0 saturated carbocycles. The first kappa shape index (κ1) is 19.6. The number of carbonyl (C=O) groups excluding carboxylic acids is 2. The lowest BCUT2D eigenvalue weighted by Crippen LogP contribution is -2.71. The highest BCUT2D eigenvalue weighted by Crippen LogP contribution is 2.36. The maximum absolute atomic E-state index is 14.5. The Balaban J connectivity index is 3.22. The molecule has 1 aliphatic rings. The molecule has 23 heavy (non-hydrogen) atoms. The van der Waals surface area contributed by atoms with Gasteiger partial charge in [-0.15, -0.1) is 0 Å². The molecular formula is C12H19F2NO8. The van der Waals surface area contributed by atoms with Gasteiger partial charge in [-0.05, 0) is 0 Å². The van der Waals surface area contributed by atoms with Gasteiger partial charge in [0.15, 0.2) is 6.17 Å². The molecule has 1 fully saturated rings. The maximum atomic E-state index is 14.5. The van der Waals surface area contributed by atoms with Crippen molar-refractivity contribution in [2.75, 3.05) is 13.7 Å². The van der Waals surface area contributed by atoms with E-state index in [2.05, 4.69) is 9.47 Å². The molecule has 1 aliphatic heterocycles. The van der Waals surface area contributed by atoms with Crippen molar-refractivity contribution < 1.29 is 48.3 Å². The average molecular weight is 343 g/mol. The van der Waals surface area contributed by atoms with Crippen molar-refractivity contribution in [1.29, 1.82) is 0 Å². The molecular weight excluding hydrogens is 324 g/mol. The van der Waals surface area contributed by atoms with Crippen LogP contribution >= 0.6 is 0 Å². The molecule has 1 saturated heterocycles. The number of amides is 1. The molecule has 1 rings (SSSR count). The summed E-state index contributed by atoms with van der Waals surface area (Å²) in [4.78, 5) is 22.6. The summed E-state index contributed by atoms with van der Waals surface area (Å²) in [6, 6.07) is -1.69. The van der Waals surface area contributed by atoms with Gasteiger partial charge in [-0.2, -0.15) is 4.39 Å². The SMILES string of the molecule is COC(=O)[C@]1(F)OC([C@H](O)[C@H](O)CO)[C@H](NC(C)=O)C(O)C1F. The second kappa shape index (κ2) is 7.45. The number of nitrogens with one attached hydrogen (secondary N) is 1. The van der Waals surface area contributed by atoms with E-state index < -0.39 is 61.0 Å². The lowest BCUT2D eigenvalue weighted by molar-refractivity contribution is -0.294. The van der Waals surface area contributed by atoms with Crippen LogP contribution in [0.25, 0.3) is 0 Å². The lowest BCUT2D eigenvalue weighted by atomic mass is 9.88. The van der Waals surface area contributed by atoms with E-state index in [0.717, 1.165) is 14.0 Å². The fourth-order valence-electron chi connectivity index (χ4n) is 2.24. The molecule has 0 radical (unpaired) electrons. The summed E-state index contributed by atoms with van der Waals surface area (Å²) in [6.45, 7) is 0.0317. The monoisotopic (exact) mass is 343 g/mol. The van der Waals surface area contributed by atoms with E-state index in [-0.39, 0.29) is 0 Å². The largest absolute Gasteiger partial charge is 0.465 e. The van der Waals surface area contributed by atoms with Gasteiger partial charge in [-0.1, -0.05) is 0 Å². The summed E-state index contributed by atoms with van der Waals surface area (Å²) < 4.78 is 37.3. The van der Waals surface area contributed by atoms with E-state index in [1.165, 1.54) is 0 Å². The molecule has 9 nitrogen and oxygen atoms in total. The number of esters is 1. The first-order valence-corrected chi connectivity index (χ1v) is 6.61. The standard InChI is InChI=1S/C12H19F2NO8/c1-4(17)15-6-8(20)10(13)12(14,11(21)22-2)23-9(6)7(19)5(18)3-16/h5-10,16,18-20H,3H2,1-2H3,(H,15,17)/t5-,6-,7-,8?,9?,10?,12-/m1/s1. The first-order valence-electron chi connectivity index (χ1n) is 6.61. The number of aliphatic hydroxyl groups excluding tert-OH is 4. The van der Waals surface area contributed by atoms with Gasteiger partial charge >= 0.3 is 11.8 Å². The van der Waals surface area contributed by atoms with Gasteiger partial charge in [-0.25, -0.2) is 9.18 Å². The van der Waals surface area contributed by atoms with Crippen LogP contribution in [0.4, 0.5) is 8.78 Å². The number of hydrogen-bond donors (Lipinski definition) is 5. The van der Waals surface area contributed by atoms with Crippen LogP contribution in [0.15, 0.2) is 0 Å². The van der Waals surface area contributed by atoms with Crippen LogP contribution in [0.2, 0.25) is 0 Å². The molecule has 5 N–H and O–H groups in total. The minimum atomic E-state index is -3.76. The zero-order valence-corrected chi connectivity index (χ0v) is 12.3. The highest BCUT2D eigenvalue weighted by atomic mass is 19.2. The van der Waals surface area contributed by atoms with Crippen LogP contribution in [0.3, 0.4) is 0 Å². The molecule has 7 atom stereocenters. The highest BCUT2D eigenvalue weighted by molar-refractivity contribution is 5.79. The van der Waals surface area contributed by atoms with Crippen LogP contribution in [-0.4, -0.2) is 88.5 Å². The van der Waals surface area contributed by atoms with Crippen molar-refractivity contribution in [2.24, 2.45) is 0 Å². The zero-order chi connectivity index (χ0) is 17.9. The van der Waals surface area contributed by atoms with Crippen molar-refractivity contribution >= 4 is 11.9 Å². The number of rotatable bonds is 5. The Morgan fingerprint density at radius 1 is 1.43 bits per heavy atom. The van der Waals surface area contributed by atoms with Crippen molar-refractivity contribution in [3.05, 3.63) is 0 Å². The minimum absolute atomic E-state index is 0.750. The third-order valence-corrected chi connectivity index (χ3v) is 3.44. The number of alkyl halides is 2. The van der Waals surface area contributed by atoms with Crippen molar-refractivity contribution in [1.82, 2.24) is 5.32 Å². The molecule has 1 heterocycles. The molecule has 3 unspecified atom stereocenters. The Morgan fingerprint density at radius 2 is 2.00 bits per heavy atom. The fourth-order valence-corrected chi connectivity index (χ4v) is 2.24. The minimum Gasteiger partial charge on any atom is -0.465 e. The Labute approximate surface area is 129 Å². The van der Waals surface area contributed by atoms with Gasteiger partial charge in [-0.3, -0.25) is 4.79 Å². The van der Waals surface area contributed by atoms with E-state index in [1.54, 1.807) is 0 Å². The Morgan fingerprint density at radius 3 is 2.43 bits per heavy atom. The van der Waals surface area contributed by atoms with Crippen LogP contribution in [0, 0.1) is 0 Å². The van der Waals surface area contributed by atoms with Crippen molar-refractivity contribution in [3.8, 4) is 0 Å². The smallest absolute Gasteiger partial charge is 0.375 e. The summed E-state index contributed by atoms with van der Waals surface area (Å²) >= 11 is 0. The molecule has 11 heteroatoms. The van der Waals surface area contributed by atoms with E-state index in [0.29, 0.717) is 0 Å². The number of ether oxygens (including phenoxy) is 2. The highest BCUT2D eigenvalue weighted by Gasteiger charge is 2.63. The third-order valence-electron chi connectivity index (χ3n) is 3.44. The molecule has 0 bridgehead atoms. The normalized spacial score (nSPS) is 36.9. The average Bonchev–Trinajstić information content (AvgIpc) is 2.52. The Bertz CT molecular complexity index is 453. The topological polar surface area (TPSA) is 146 Å². The molecule has 0 spiro atoms. The molecule has 0 aromatic carbocycles. The molecule has 134 valence electrons. The summed E-state index contributed by atoms with van der Waals surface area (Å²) in [5, 5.41) is 40.1. The Kier molecular flexibility index (Phi) is 6.36. The van der Waals surface area contributed by atoms with Crippen molar-refractivity contribution in [2.45, 2.75) is 49.4 Å². The number of methoxy groups -OCH3 is 1. The van der Waals surface area contributed by atoms with Gasteiger partial charge in [0.1, 0.15) is 24.4 Å². The van der Waals surface area contributed by atoms with Crippen LogP contribution in [-0.2, 0) is 19.1 Å². The van der Waals surface area contributed by atoms with E-state index in [4.69, 9.17) is 5.11 Å². The quantitative estimate of drug-likeness (QED) is 0.335. The molecule has 1 amide bonds. The zero-order valence-electron chi connectivity index (χ0n) is 12.3. The number of hydrogen-bond acceptors (Lipinski definition) is 8. The van der Waals surface area contributed by atoms with Gasteiger partial charge < -0.3 is 35.2 Å². The first-order chi connectivity index (χ1) is 10.6. The fraction of sp³-hybridized carbons (Fsp3) is 0.833. The van der Waals surface area contributed by atoms with E-state index in [9.17, 15) is 33.7 Å². The van der Waals surface area contributed by atoms with Crippen molar-refractivity contribution in [3.63, 3.8) is 0 Å². The van der Waals surface area contributed by atoms with E-state index >= 15 is 0 Å². The van der Waals surface area contributed by atoms with E-state index in [1.807, 2.05) is 5.32 Å². The summed E-state index contributed by atoms with van der Waals surface area (Å²) in [7, 11) is 0.750. The summed E-state index contributed by atoms with van der Waals surface area (Å²) in [5.74, 6) is -6.34. The molecule has 0 aromatic heterocycles. The summed E-state index contributed by atoms with van der Waals surface area (Å²) in [5.41, 5.74) is 0. The number of aliphatic hydroxyl groups is 4. The predicted octanol–water partition coefficient (Wildman–Crippen LogP) is -2.86. The maximum Gasteiger partial charge on any atom is 0.375 e. The molecule has 0 aliphatic carbocycles. The van der Waals surface area contributed by atoms with Gasteiger partial charge in [0.05, 0.1) is 19.8 Å². The predicted molar refractivity (Wildman–Crippen MR) is 68.3 cm³/mol. The molecule has 0 aromatic rings. The number of carbonyl (C=O) groups is 2. The van der Waals surface area contributed by atoms with Gasteiger partial charge in [0, 0.05) is 6.92 Å². The van der Waals surface area contributed by atoms with Gasteiger partial charge in [0.25, 0.3) is 0 Å². The van der Waals surface area contributed by atoms with Crippen LogP contribution in [0.1, 0.15) is 6.92 Å². The summed E-state index contributed by atoms with van der Waals surface area (Å²) in [6.07, 6.45) is -11.1. The van der Waals surface area contributed by atoms with Gasteiger partial charge in [0.2, 0.25) is 5.91 Å². The lowest BCUT2D eigenvalue weighted by Gasteiger charge is -2.45. The number of halogens is 2. The second-order valence-electron chi connectivity index (χ2n) is 5.08. The van der Waals surface area contributed by atoms with Crippen LogP contribution < -0.4 is 5.32 Å². The Hall–Kier alpha value is -1.40. The third kappa shape index (κ3) is 3.75. The van der Waals surface area contributed by atoms with Crippen LogP contribution in [0.5, 0.6) is 0 Å². The second-order valence-corrected chi connectivity index (χ2v) is 5.08.